The fraction of sp³-hybridized carbons (Fsp3) is 0.917. The van der Waals surface area contributed by atoms with Crippen molar-refractivity contribution in [2.45, 2.75) is 58.5 Å². The molecule has 2 N–H and O–H groups in total. The minimum Gasteiger partial charge on any atom is -0.342 e. The molecule has 0 atom stereocenters. The molecular formula is C12H24N2O. The van der Waals surface area contributed by atoms with Crippen LogP contribution in [0.1, 0.15) is 47.0 Å². The van der Waals surface area contributed by atoms with E-state index < -0.39 is 11.0 Å². The summed E-state index contributed by atoms with van der Waals surface area (Å²) in [5.74, 6) is 0.166. The Kier molecular flexibility index (Phi) is 3.15. The Morgan fingerprint density at radius 2 is 1.73 bits per heavy atom. The number of carbonyl (C=O) groups excluding carboxylic acids is 1. The second-order valence-corrected chi connectivity index (χ2v) is 5.85. The molecule has 1 amide bonds. The van der Waals surface area contributed by atoms with Crippen LogP contribution in [0.4, 0.5) is 0 Å². The quantitative estimate of drug-likeness (QED) is 0.775. The zero-order valence-electron chi connectivity index (χ0n) is 10.6. The maximum Gasteiger partial charge on any atom is 0.230 e. The van der Waals surface area contributed by atoms with Gasteiger partial charge in [-0.3, -0.25) is 4.79 Å². The molecule has 88 valence electrons. The van der Waals surface area contributed by atoms with Crippen LogP contribution in [0.2, 0.25) is 0 Å². The predicted octanol–water partition coefficient (Wildman–Crippen LogP) is 1.76. The average Bonchev–Trinajstić information content (AvgIpc) is 1.97. The lowest BCUT2D eigenvalue weighted by molar-refractivity contribution is -0.145. The summed E-state index contributed by atoms with van der Waals surface area (Å²) in [4.78, 5) is 14.2. The molecule has 3 nitrogen and oxygen atoms in total. The van der Waals surface area contributed by atoms with Crippen LogP contribution in [0.3, 0.4) is 0 Å². The maximum atomic E-state index is 12.3. The van der Waals surface area contributed by atoms with E-state index in [4.69, 9.17) is 5.73 Å². The van der Waals surface area contributed by atoms with E-state index in [0.29, 0.717) is 6.04 Å². The van der Waals surface area contributed by atoms with Crippen molar-refractivity contribution in [3.8, 4) is 0 Å². The van der Waals surface area contributed by atoms with Crippen LogP contribution in [-0.2, 0) is 4.79 Å². The van der Waals surface area contributed by atoms with Gasteiger partial charge in [-0.25, -0.2) is 0 Å². The van der Waals surface area contributed by atoms with Crippen LogP contribution < -0.4 is 5.73 Å². The van der Waals surface area contributed by atoms with Crippen molar-refractivity contribution >= 4 is 5.91 Å². The Morgan fingerprint density at radius 3 is 2.00 bits per heavy atom. The van der Waals surface area contributed by atoms with Gasteiger partial charge in [0.15, 0.2) is 0 Å². The van der Waals surface area contributed by atoms with Crippen molar-refractivity contribution < 1.29 is 4.79 Å². The van der Waals surface area contributed by atoms with Gasteiger partial charge in [0, 0.05) is 18.6 Å². The summed E-state index contributed by atoms with van der Waals surface area (Å²) in [6.45, 7) is 7.70. The third kappa shape index (κ3) is 2.17. The fourth-order valence-corrected chi connectivity index (χ4v) is 1.66. The molecule has 1 fully saturated rings. The van der Waals surface area contributed by atoms with E-state index in [1.54, 1.807) is 0 Å². The van der Waals surface area contributed by atoms with Crippen molar-refractivity contribution in [3.63, 3.8) is 0 Å². The van der Waals surface area contributed by atoms with Crippen LogP contribution in [0.25, 0.3) is 0 Å². The molecule has 0 aromatic carbocycles. The summed E-state index contributed by atoms with van der Waals surface area (Å²) >= 11 is 0. The van der Waals surface area contributed by atoms with E-state index in [1.165, 1.54) is 6.42 Å². The zero-order valence-corrected chi connectivity index (χ0v) is 10.6. The number of hydrogen-bond acceptors (Lipinski definition) is 2. The average molecular weight is 212 g/mol. The largest absolute Gasteiger partial charge is 0.342 e. The first-order valence-corrected chi connectivity index (χ1v) is 5.74. The lowest BCUT2D eigenvalue weighted by Crippen LogP contribution is -2.58. The van der Waals surface area contributed by atoms with Gasteiger partial charge in [0.1, 0.15) is 0 Å². The van der Waals surface area contributed by atoms with Gasteiger partial charge < -0.3 is 10.6 Å². The van der Waals surface area contributed by atoms with E-state index in [9.17, 15) is 4.79 Å². The minimum absolute atomic E-state index is 0.166. The van der Waals surface area contributed by atoms with Crippen molar-refractivity contribution in [3.05, 3.63) is 0 Å². The second kappa shape index (κ2) is 3.78. The Hall–Kier alpha value is -0.570. The Bertz CT molecular complexity index is 249. The van der Waals surface area contributed by atoms with Crippen LogP contribution in [0.15, 0.2) is 0 Å². The molecule has 0 aliphatic heterocycles. The lowest BCUT2D eigenvalue weighted by Gasteiger charge is -2.44. The summed E-state index contributed by atoms with van der Waals surface area (Å²) in [5.41, 5.74) is 5.08. The third-order valence-corrected chi connectivity index (χ3v) is 4.09. The number of carbonyl (C=O) groups is 1. The Balaban J connectivity index is 2.74. The highest BCUT2D eigenvalue weighted by Crippen LogP contribution is 2.33. The molecule has 1 saturated carbocycles. The van der Waals surface area contributed by atoms with Crippen molar-refractivity contribution in [2.24, 2.45) is 11.1 Å². The van der Waals surface area contributed by atoms with Gasteiger partial charge in [-0.2, -0.15) is 0 Å². The smallest absolute Gasteiger partial charge is 0.230 e. The number of nitrogens with zero attached hydrogens (tertiary/aromatic N) is 1. The summed E-state index contributed by atoms with van der Waals surface area (Å²) in [7, 11) is 1.90. The van der Waals surface area contributed by atoms with Crippen molar-refractivity contribution in [1.82, 2.24) is 4.90 Å². The second-order valence-electron chi connectivity index (χ2n) is 5.85. The molecule has 1 aliphatic carbocycles. The number of amides is 1. The first-order valence-electron chi connectivity index (χ1n) is 5.74. The molecule has 1 rings (SSSR count). The first kappa shape index (κ1) is 12.5. The van der Waals surface area contributed by atoms with Gasteiger partial charge in [0.05, 0.1) is 5.41 Å². The predicted molar refractivity (Wildman–Crippen MR) is 62.5 cm³/mol. The number of rotatable bonds is 3. The van der Waals surface area contributed by atoms with Crippen LogP contribution >= 0.6 is 0 Å². The van der Waals surface area contributed by atoms with Gasteiger partial charge >= 0.3 is 0 Å². The van der Waals surface area contributed by atoms with Gasteiger partial charge in [-0.05, 0) is 47.0 Å². The molecule has 0 unspecified atom stereocenters. The molecule has 0 heterocycles. The van der Waals surface area contributed by atoms with Gasteiger partial charge in [0.2, 0.25) is 5.91 Å². The molecular weight excluding hydrogens is 188 g/mol. The highest BCUT2D eigenvalue weighted by molar-refractivity contribution is 5.83. The van der Waals surface area contributed by atoms with Gasteiger partial charge in [0.25, 0.3) is 0 Å². The number of nitrogens with two attached hydrogens (primary N) is 1. The fourth-order valence-electron chi connectivity index (χ4n) is 1.66. The normalized spacial score (nSPS) is 18.5. The van der Waals surface area contributed by atoms with E-state index in [1.807, 2.05) is 39.6 Å². The van der Waals surface area contributed by atoms with Crippen LogP contribution in [-0.4, -0.2) is 29.4 Å². The molecule has 1 aliphatic rings. The van der Waals surface area contributed by atoms with Gasteiger partial charge in [-0.15, -0.1) is 0 Å². The van der Waals surface area contributed by atoms with E-state index in [0.717, 1.165) is 12.8 Å². The summed E-state index contributed by atoms with van der Waals surface area (Å²) < 4.78 is 0. The van der Waals surface area contributed by atoms with Crippen LogP contribution in [0, 0.1) is 5.41 Å². The zero-order chi connectivity index (χ0) is 11.9. The van der Waals surface area contributed by atoms with E-state index >= 15 is 0 Å². The number of hydrogen-bond donors (Lipinski definition) is 1. The molecule has 0 aromatic rings. The van der Waals surface area contributed by atoms with Crippen molar-refractivity contribution in [1.29, 1.82) is 0 Å². The summed E-state index contributed by atoms with van der Waals surface area (Å²) in [5, 5.41) is 0. The summed E-state index contributed by atoms with van der Waals surface area (Å²) in [6, 6.07) is 0.444. The van der Waals surface area contributed by atoms with E-state index in [2.05, 4.69) is 0 Å². The monoisotopic (exact) mass is 212 g/mol. The highest BCUT2D eigenvalue weighted by atomic mass is 16.2. The van der Waals surface area contributed by atoms with Gasteiger partial charge in [-0.1, -0.05) is 0 Å². The Labute approximate surface area is 93.0 Å². The molecule has 0 spiro atoms. The molecule has 0 bridgehead atoms. The lowest BCUT2D eigenvalue weighted by atomic mass is 9.73. The first-order chi connectivity index (χ1) is 6.68. The van der Waals surface area contributed by atoms with Crippen molar-refractivity contribution in [2.75, 3.05) is 7.05 Å². The molecule has 0 saturated heterocycles. The molecule has 0 aromatic heterocycles. The minimum atomic E-state index is -0.503. The van der Waals surface area contributed by atoms with E-state index in [-0.39, 0.29) is 5.91 Å². The maximum absolute atomic E-state index is 12.3. The Morgan fingerprint density at radius 1 is 1.27 bits per heavy atom. The molecule has 3 heteroatoms. The highest BCUT2D eigenvalue weighted by Gasteiger charge is 2.43. The topological polar surface area (TPSA) is 46.3 Å². The molecule has 15 heavy (non-hydrogen) atoms. The summed E-state index contributed by atoms with van der Waals surface area (Å²) in [6.07, 6.45) is 3.53. The van der Waals surface area contributed by atoms with Crippen LogP contribution in [0.5, 0.6) is 0 Å². The molecule has 0 radical (unpaired) electrons. The standard InChI is InChI=1S/C12H24N2O/c1-11(2,12(3,4)13)10(15)14(5)9-7-6-8-9/h9H,6-8,13H2,1-5H3. The SMILES string of the molecule is CN(C(=O)C(C)(C)C(C)(C)N)C1CCC1. The third-order valence-electron chi connectivity index (χ3n) is 4.09.